The summed E-state index contributed by atoms with van der Waals surface area (Å²) in [6, 6.07) is 2.12. The van der Waals surface area contributed by atoms with Crippen LogP contribution in [0.15, 0.2) is 24.9 Å². The first kappa shape index (κ1) is 12.5. The standard InChI is InChI=1S/C12H19N3O/c1-5-10(3)15(12(16)6-2)9-11-7-8-14(4)13-11/h6-8,10H,2,5,9H2,1,3-4H3/t10-/m0/s1. The van der Waals surface area contributed by atoms with Crippen molar-refractivity contribution in [3.63, 3.8) is 0 Å². The molecule has 4 heteroatoms. The zero-order valence-electron chi connectivity index (χ0n) is 10.2. The van der Waals surface area contributed by atoms with Gasteiger partial charge in [0, 0.05) is 19.3 Å². The zero-order valence-corrected chi connectivity index (χ0v) is 10.2. The Labute approximate surface area is 96.6 Å². The van der Waals surface area contributed by atoms with Crippen LogP contribution in [0.25, 0.3) is 0 Å². The molecule has 0 fully saturated rings. The van der Waals surface area contributed by atoms with Gasteiger partial charge < -0.3 is 4.90 Å². The minimum atomic E-state index is -0.0417. The van der Waals surface area contributed by atoms with Crippen molar-refractivity contribution in [1.82, 2.24) is 14.7 Å². The lowest BCUT2D eigenvalue weighted by atomic mass is 10.2. The number of hydrogen-bond acceptors (Lipinski definition) is 2. The number of nitrogens with zero attached hydrogens (tertiary/aromatic N) is 3. The smallest absolute Gasteiger partial charge is 0.246 e. The molecule has 0 radical (unpaired) electrons. The molecule has 0 saturated heterocycles. The number of aromatic nitrogens is 2. The van der Waals surface area contributed by atoms with E-state index < -0.39 is 0 Å². The predicted molar refractivity (Wildman–Crippen MR) is 63.7 cm³/mol. The second-order valence-electron chi connectivity index (χ2n) is 3.91. The highest BCUT2D eigenvalue weighted by molar-refractivity contribution is 5.87. The lowest BCUT2D eigenvalue weighted by molar-refractivity contribution is -0.128. The van der Waals surface area contributed by atoms with Crippen LogP contribution in [0, 0.1) is 0 Å². The summed E-state index contributed by atoms with van der Waals surface area (Å²) in [6.07, 6.45) is 4.16. The van der Waals surface area contributed by atoms with Gasteiger partial charge in [0.25, 0.3) is 0 Å². The average Bonchev–Trinajstić information content (AvgIpc) is 2.69. The number of carbonyl (C=O) groups excluding carboxylic acids is 1. The molecule has 1 rings (SSSR count). The second kappa shape index (κ2) is 5.49. The Kier molecular flexibility index (Phi) is 4.28. The Morgan fingerprint density at radius 2 is 2.44 bits per heavy atom. The van der Waals surface area contributed by atoms with E-state index >= 15 is 0 Å². The van der Waals surface area contributed by atoms with Crippen LogP contribution in [0.2, 0.25) is 0 Å². The highest BCUT2D eigenvalue weighted by atomic mass is 16.2. The third-order valence-electron chi connectivity index (χ3n) is 2.68. The van der Waals surface area contributed by atoms with Crippen molar-refractivity contribution in [3.8, 4) is 0 Å². The third kappa shape index (κ3) is 2.95. The molecule has 88 valence electrons. The van der Waals surface area contributed by atoms with Crippen LogP contribution in [-0.2, 0) is 18.4 Å². The number of hydrogen-bond donors (Lipinski definition) is 0. The summed E-state index contributed by atoms with van der Waals surface area (Å²) in [5.74, 6) is -0.0417. The number of carbonyl (C=O) groups is 1. The number of rotatable bonds is 5. The fraction of sp³-hybridized carbons (Fsp3) is 0.500. The van der Waals surface area contributed by atoms with Gasteiger partial charge in [-0.2, -0.15) is 5.10 Å². The summed E-state index contributed by atoms with van der Waals surface area (Å²) >= 11 is 0. The summed E-state index contributed by atoms with van der Waals surface area (Å²) < 4.78 is 1.74. The molecule has 0 spiro atoms. The van der Waals surface area contributed by atoms with Gasteiger partial charge in [0.1, 0.15) is 0 Å². The Morgan fingerprint density at radius 3 is 2.88 bits per heavy atom. The van der Waals surface area contributed by atoms with Gasteiger partial charge in [0.15, 0.2) is 0 Å². The van der Waals surface area contributed by atoms with Crippen LogP contribution >= 0.6 is 0 Å². The highest BCUT2D eigenvalue weighted by Crippen LogP contribution is 2.09. The minimum absolute atomic E-state index is 0.0417. The molecule has 1 aromatic heterocycles. The van der Waals surface area contributed by atoms with Crippen molar-refractivity contribution in [2.45, 2.75) is 32.9 Å². The van der Waals surface area contributed by atoms with E-state index in [2.05, 4.69) is 18.6 Å². The Morgan fingerprint density at radius 1 is 1.75 bits per heavy atom. The second-order valence-corrected chi connectivity index (χ2v) is 3.91. The van der Waals surface area contributed by atoms with Gasteiger partial charge in [-0.25, -0.2) is 0 Å². The summed E-state index contributed by atoms with van der Waals surface area (Å²) in [5.41, 5.74) is 0.901. The zero-order chi connectivity index (χ0) is 12.1. The van der Waals surface area contributed by atoms with Crippen molar-refractivity contribution < 1.29 is 4.79 Å². The van der Waals surface area contributed by atoms with E-state index in [9.17, 15) is 4.79 Å². The maximum absolute atomic E-state index is 11.7. The maximum Gasteiger partial charge on any atom is 0.246 e. The van der Waals surface area contributed by atoms with E-state index in [-0.39, 0.29) is 11.9 Å². The predicted octanol–water partition coefficient (Wildman–Crippen LogP) is 1.73. The van der Waals surface area contributed by atoms with Crippen molar-refractivity contribution in [3.05, 3.63) is 30.6 Å². The molecule has 0 bridgehead atoms. The molecule has 4 nitrogen and oxygen atoms in total. The molecule has 0 aromatic carbocycles. The fourth-order valence-corrected chi connectivity index (χ4v) is 1.51. The molecule has 0 unspecified atom stereocenters. The van der Waals surface area contributed by atoms with Crippen LogP contribution < -0.4 is 0 Å². The van der Waals surface area contributed by atoms with E-state index in [0.29, 0.717) is 6.54 Å². The Balaban J connectivity index is 2.78. The van der Waals surface area contributed by atoms with Gasteiger partial charge >= 0.3 is 0 Å². The van der Waals surface area contributed by atoms with E-state index in [4.69, 9.17) is 0 Å². The van der Waals surface area contributed by atoms with Gasteiger partial charge in [-0.1, -0.05) is 13.5 Å². The first-order chi connectivity index (χ1) is 7.58. The summed E-state index contributed by atoms with van der Waals surface area (Å²) in [6.45, 7) is 8.16. The van der Waals surface area contributed by atoms with Crippen molar-refractivity contribution in [1.29, 1.82) is 0 Å². The van der Waals surface area contributed by atoms with Gasteiger partial charge in [-0.05, 0) is 25.5 Å². The van der Waals surface area contributed by atoms with E-state index in [1.54, 1.807) is 9.58 Å². The molecule has 1 heterocycles. The molecule has 0 aliphatic carbocycles. The van der Waals surface area contributed by atoms with E-state index in [1.807, 2.05) is 26.2 Å². The first-order valence-electron chi connectivity index (χ1n) is 5.50. The van der Waals surface area contributed by atoms with Gasteiger partial charge in [0.05, 0.1) is 12.2 Å². The monoisotopic (exact) mass is 221 g/mol. The van der Waals surface area contributed by atoms with Crippen LogP contribution in [0.4, 0.5) is 0 Å². The molecular weight excluding hydrogens is 202 g/mol. The molecule has 1 amide bonds. The largest absolute Gasteiger partial charge is 0.331 e. The molecular formula is C12H19N3O. The SMILES string of the molecule is C=CC(=O)N(Cc1ccn(C)n1)[C@@H](C)CC. The third-order valence-corrected chi connectivity index (χ3v) is 2.68. The van der Waals surface area contributed by atoms with E-state index in [1.165, 1.54) is 6.08 Å². The van der Waals surface area contributed by atoms with Crippen LogP contribution in [0.5, 0.6) is 0 Å². The molecule has 1 aromatic rings. The van der Waals surface area contributed by atoms with Crippen LogP contribution in [0.3, 0.4) is 0 Å². The lowest BCUT2D eigenvalue weighted by Gasteiger charge is -2.26. The summed E-state index contributed by atoms with van der Waals surface area (Å²) in [4.78, 5) is 13.5. The molecule has 16 heavy (non-hydrogen) atoms. The van der Waals surface area contributed by atoms with Crippen molar-refractivity contribution >= 4 is 5.91 Å². The quantitative estimate of drug-likeness (QED) is 0.710. The van der Waals surface area contributed by atoms with Gasteiger partial charge in [-0.3, -0.25) is 9.48 Å². The molecule has 0 aliphatic heterocycles. The Hall–Kier alpha value is -1.58. The van der Waals surface area contributed by atoms with Gasteiger partial charge in [-0.15, -0.1) is 0 Å². The summed E-state index contributed by atoms with van der Waals surface area (Å²) in [7, 11) is 1.87. The Bertz CT molecular complexity index is 370. The average molecular weight is 221 g/mol. The lowest BCUT2D eigenvalue weighted by Crippen LogP contribution is -2.36. The van der Waals surface area contributed by atoms with Gasteiger partial charge in [0.2, 0.25) is 5.91 Å². The highest BCUT2D eigenvalue weighted by Gasteiger charge is 2.17. The number of amides is 1. The normalized spacial score (nSPS) is 12.2. The molecule has 0 saturated carbocycles. The van der Waals surface area contributed by atoms with Crippen molar-refractivity contribution in [2.24, 2.45) is 7.05 Å². The van der Waals surface area contributed by atoms with Crippen LogP contribution in [-0.4, -0.2) is 26.6 Å². The molecule has 0 aliphatic rings. The van der Waals surface area contributed by atoms with Crippen molar-refractivity contribution in [2.75, 3.05) is 0 Å². The summed E-state index contributed by atoms with van der Waals surface area (Å²) in [5, 5.41) is 4.27. The minimum Gasteiger partial charge on any atom is -0.331 e. The maximum atomic E-state index is 11.7. The molecule has 0 N–H and O–H groups in total. The number of aryl methyl sites for hydroxylation is 1. The fourth-order valence-electron chi connectivity index (χ4n) is 1.51. The first-order valence-corrected chi connectivity index (χ1v) is 5.50. The van der Waals surface area contributed by atoms with E-state index in [0.717, 1.165) is 12.1 Å². The topological polar surface area (TPSA) is 38.1 Å². The molecule has 1 atom stereocenters. The van der Waals surface area contributed by atoms with Crippen LogP contribution in [0.1, 0.15) is 26.0 Å².